The molecule has 0 spiro atoms. The normalized spacial score (nSPS) is 9.21. The van der Waals surface area contributed by atoms with Crippen LogP contribution in [-0.2, 0) is 14.3 Å². The zero-order valence-corrected chi connectivity index (χ0v) is 7.70. The van der Waals surface area contributed by atoms with E-state index in [0.29, 0.717) is 0 Å². The van der Waals surface area contributed by atoms with E-state index in [9.17, 15) is 14.4 Å². The number of carbonyl (C=O) groups excluding carboxylic acids is 2. The van der Waals surface area contributed by atoms with Crippen molar-refractivity contribution in [2.24, 2.45) is 0 Å². The van der Waals surface area contributed by atoms with Crippen LogP contribution in [-0.4, -0.2) is 42.8 Å². The summed E-state index contributed by atoms with van der Waals surface area (Å²) in [7, 11) is 0. The lowest BCUT2D eigenvalue weighted by molar-refractivity contribution is -0.126. The first kappa shape index (κ1) is 12.4. The van der Waals surface area contributed by atoms with Crippen molar-refractivity contribution < 1.29 is 24.2 Å². The standard InChI is InChI=1S/C7H12N2O5/c1-5(10)3-14-4-9-6(11)2-8-7(12)13/h8H,2-4H2,1H3,(H,9,11)(H,12,13). The van der Waals surface area contributed by atoms with Gasteiger partial charge >= 0.3 is 6.09 Å². The maximum atomic E-state index is 10.8. The molecule has 0 aromatic heterocycles. The molecule has 0 saturated heterocycles. The Bertz CT molecular complexity index is 228. The van der Waals surface area contributed by atoms with E-state index in [2.05, 4.69) is 5.32 Å². The highest BCUT2D eigenvalue weighted by atomic mass is 16.5. The summed E-state index contributed by atoms with van der Waals surface area (Å²) in [5.41, 5.74) is 0. The number of carbonyl (C=O) groups is 3. The molecule has 0 atom stereocenters. The topological polar surface area (TPSA) is 105 Å². The zero-order chi connectivity index (χ0) is 11.0. The van der Waals surface area contributed by atoms with Gasteiger partial charge in [-0.2, -0.15) is 0 Å². The fraction of sp³-hybridized carbons (Fsp3) is 0.571. The minimum absolute atomic E-state index is 0.0767. The minimum atomic E-state index is -1.27. The Kier molecular flexibility index (Phi) is 6.04. The molecule has 3 N–H and O–H groups in total. The Morgan fingerprint density at radius 3 is 2.43 bits per heavy atom. The maximum Gasteiger partial charge on any atom is 0.405 e. The van der Waals surface area contributed by atoms with Crippen LogP contribution >= 0.6 is 0 Å². The minimum Gasteiger partial charge on any atom is -0.465 e. The molecule has 7 heteroatoms. The van der Waals surface area contributed by atoms with E-state index in [0.717, 1.165) is 0 Å². The van der Waals surface area contributed by atoms with Gasteiger partial charge < -0.3 is 20.5 Å². The molecule has 0 aliphatic heterocycles. The van der Waals surface area contributed by atoms with Crippen molar-refractivity contribution in [1.29, 1.82) is 0 Å². The first-order valence-electron chi connectivity index (χ1n) is 3.83. The quantitative estimate of drug-likeness (QED) is 0.377. The first-order valence-corrected chi connectivity index (χ1v) is 3.83. The van der Waals surface area contributed by atoms with Gasteiger partial charge in [0.2, 0.25) is 5.91 Å². The van der Waals surface area contributed by atoms with Gasteiger partial charge in [0.15, 0.2) is 5.78 Å². The van der Waals surface area contributed by atoms with Gasteiger partial charge in [0.25, 0.3) is 0 Å². The second-order valence-electron chi connectivity index (χ2n) is 2.45. The lowest BCUT2D eigenvalue weighted by atomic mass is 10.5. The lowest BCUT2D eigenvalue weighted by Crippen LogP contribution is -2.37. The molecule has 0 aromatic rings. The summed E-state index contributed by atoms with van der Waals surface area (Å²) in [5.74, 6) is -0.668. The average molecular weight is 204 g/mol. The highest BCUT2D eigenvalue weighted by molar-refractivity contribution is 5.81. The molecule has 80 valence electrons. The summed E-state index contributed by atoms with van der Waals surface area (Å²) in [5, 5.41) is 12.3. The van der Waals surface area contributed by atoms with E-state index in [1.54, 1.807) is 0 Å². The fourth-order valence-electron chi connectivity index (χ4n) is 0.545. The summed E-state index contributed by atoms with van der Waals surface area (Å²) in [6.07, 6.45) is -1.27. The number of ether oxygens (including phenoxy) is 1. The van der Waals surface area contributed by atoms with Crippen molar-refractivity contribution in [2.45, 2.75) is 6.92 Å². The van der Waals surface area contributed by atoms with Crippen LogP contribution in [0.15, 0.2) is 0 Å². The van der Waals surface area contributed by atoms with Crippen LogP contribution in [0.4, 0.5) is 4.79 Å². The molecule has 0 aliphatic rings. The number of ketones is 1. The van der Waals surface area contributed by atoms with Gasteiger partial charge in [-0.25, -0.2) is 4.79 Å². The molecule has 0 radical (unpaired) electrons. The van der Waals surface area contributed by atoms with Crippen molar-refractivity contribution in [3.63, 3.8) is 0 Å². The first-order chi connectivity index (χ1) is 6.52. The largest absolute Gasteiger partial charge is 0.465 e. The van der Waals surface area contributed by atoms with Crippen LogP contribution in [0.2, 0.25) is 0 Å². The highest BCUT2D eigenvalue weighted by Crippen LogP contribution is 1.74. The Morgan fingerprint density at radius 2 is 1.93 bits per heavy atom. The van der Waals surface area contributed by atoms with Crippen LogP contribution < -0.4 is 10.6 Å². The number of nitrogens with one attached hydrogen (secondary N) is 2. The van der Waals surface area contributed by atoms with E-state index >= 15 is 0 Å². The molecule has 0 fully saturated rings. The predicted octanol–water partition coefficient (Wildman–Crippen LogP) is -1.07. The third-order valence-corrected chi connectivity index (χ3v) is 1.08. The zero-order valence-electron chi connectivity index (χ0n) is 7.70. The summed E-state index contributed by atoms with van der Waals surface area (Å²) in [4.78, 5) is 31.1. The lowest BCUT2D eigenvalue weighted by Gasteiger charge is -2.04. The Balaban J connectivity index is 3.36. The fourth-order valence-corrected chi connectivity index (χ4v) is 0.545. The molecule has 0 bridgehead atoms. The summed E-state index contributed by atoms with van der Waals surface area (Å²) >= 11 is 0. The monoisotopic (exact) mass is 204 g/mol. The van der Waals surface area contributed by atoms with Crippen molar-refractivity contribution in [1.82, 2.24) is 10.6 Å². The van der Waals surface area contributed by atoms with Gasteiger partial charge in [0, 0.05) is 0 Å². The van der Waals surface area contributed by atoms with Crippen LogP contribution in [0, 0.1) is 0 Å². The van der Waals surface area contributed by atoms with Crippen molar-refractivity contribution in [3.8, 4) is 0 Å². The number of carboxylic acid groups (broad SMARTS) is 1. The number of rotatable bonds is 6. The average Bonchev–Trinajstić information content (AvgIpc) is 2.08. The van der Waals surface area contributed by atoms with Crippen molar-refractivity contribution >= 4 is 17.8 Å². The molecule has 0 heterocycles. The Morgan fingerprint density at radius 1 is 1.29 bits per heavy atom. The summed E-state index contributed by atoms with van der Waals surface area (Å²) < 4.78 is 4.72. The van der Waals surface area contributed by atoms with Crippen molar-refractivity contribution in [3.05, 3.63) is 0 Å². The molecule has 0 aromatic carbocycles. The maximum absolute atomic E-state index is 10.8. The molecule has 14 heavy (non-hydrogen) atoms. The summed E-state index contributed by atoms with van der Waals surface area (Å²) in [6.45, 7) is 0.832. The van der Waals surface area contributed by atoms with E-state index in [1.807, 2.05) is 5.32 Å². The van der Waals surface area contributed by atoms with Gasteiger partial charge in [-0.1, -0.05) is 0 Å². The molecule has 0 aliphatic carbocycles. The highest BCUT2D eigenvalue weighted by Gasteiger charge is 2.02. The molecule has 0 unspecified atom stereocenters. The third kappa shape index (κ3) is 8.47. The van der Waals surface area contributed by atoms with E-state index in [4.69, 9.17) is 9.84 Å². The summed E-state index contributed by atoms with van der Waals surface area (Å²) in [6, 6.07) is 0. The predicted molar refractivity (Wildman–Crippen MR) is 45.7 cm³/mol. The van der Waals surface area contributed by atoms with Crippen LogP contribution in [0.1, 0.15) is 6.92 Å². The molecular formula is C7H12N2O5. The molecule has 2 amide bonds. The number of amides is 2. The van der Waals surface area contributed by atoms with Crippen LogP contribution in [0.3, 0.4) is 0 Å². The van der Waals surface area contributed by atoms with Crippen LogP contribution in [0.25, 0.3) is 0 Å². The second-order valence-corrected chi connectivity index (χ2v) is 2.45. The number of hydrogen-bond acceptors (Lipinski definition) is 4. The Hall–Kier alpha value is -1.63. The number of Topliss-reactive ketones (excluding diaryl/α,β-unsaturated/α-hetero) is 1. The SMILES string of the molecule is CC(=O)COCNC(=O)CNC(=O)O. The van der Waals surface area contributed by atoms with Crippen LogP contribution in [0.5, 0.6) is 0 Å². The van der Waals surface area contributed by atoms with Crippen molar-refractivity contribution in [2.75, 3.05) is 19.9 Å². The van der Waals surface area contributed by atoms with E-state index in [-0.39, 0.29) is 25.7 Å². The molecular weight excluding hydrogens is 192 g/mol. The van der Waals surface area contributed by atoms with Gasteiger partial charge in [-0.05, 0) is 6.92 Å². The Labute approximate surface area is 80.4 Å². The second kappa shape index (κ2) is 6.84. The molecule has 7 nitrogen and oxygen atoms in total. The number of hydrogen-bond donors (Lipinski definition) is 3. The molecule has 0 saturated carbocycles. The smallest absolute Gasteiger partial charge is 0.405 e. The van der Waals surface area contributed by atoms with Gasteiger partial charge in [-0.15, -0.1) is 0 Å². The van der Waals surface area contributed by atoms with E-state index in [1.165, 1.54) is 6.92 Å². The van der Waals surface area contributed by atoms with Gasteiger partial charge in [0.05, 0.1) is 0 Å². The van der Waals surface area contributed by atoms with Gasteiger partial charge in [0.1, 0.15) is 19.9 Å². The van der Waals surface area contributed by atoms with E-state index < -0.39 is 12.0 Å². The third-order valence-electron chi connectivity index (χ3n) is 1.08. The van der Waals surface area contributed by atoms with Gasteiger partial charge in [-0.3, -0.25) is 9.59 Å². The molecule has 0 rings (SSSR count).